The molecule has 0 radical (unpaired) electrons. The highest BCUT2D eigenvalue weighted by Gasteiger charge is 2.48. The van der Waals surface area contributed by atoms with Crippen LogP contribution in [-0.4, -0.2) is 28.6 Å². The van der Waals surface area contributed by atoms with E-state index in [2.05, 4.69) is 15.3 Å². The van der Waals surface area contributed by atoms with Gasteiger partial charge in [-0.25, -0.2) is 9.37 Å². The number of hydrogen-bond donors (Lipinski definition) is 1. The van der Waals surface area contributed by atoms with Crippen molar-refractivity contribution >= 4 is 23.4 Å². The Labute approximate surface area is 161 Å². The average molecular weight is 394 g/mol. The van der Waals surface area contributed by atoms with Crippen molar-refractivity contribution in [3.05, 3.63) is 29.5 Å². The van der Waals surface area contributed by atoms with Crippen LogP contribution in [0.2, 0.25) is 5.28 Å². The fraction of sp³-hybridized carbons (Fsp3) is 0.526. The number of carbonyl (C=O) groups excluding carboxylic acids is 1. The first kappa shape index (κ1) is 18.2. The summed E-state index contributed by atoms with van der Waals surface area (Å²) in [5.41, 5.74) is -0.00356. The van der Waals surface area contributed by atoms with Gasteiger partial charge in [-0.15, -0.1) is 0 Å². The molecule has 3 aliphatic rings. The summed E-state index contributed by atoms with van der Waals surface area (Å²) in [4.78, 5) is 20.6. The van der Waals surface area contributed by atoms with E-state index >= 15 is 4.39 Å². The smallest absolute Gasteiger partial charge is 0.311 e. The third-order valence-electron chi connectivity index (χ3n) is 5.66. The van der Waals surface area contributed by atoms with Crippen molar-refractivity contribution in [3.8, 4) is 11.5 Å². The number of hydrogen-bond acceptors (Lipinski definition) is 6. The standard InChI is InChI=1S/C19H21ClFN3O3/c1-2-26-18(25)13-10-5-7-11(8-6-10)15(13)22-17-14(21)16(23-19(20)24-17)12-4-3-9-27-12/h3-4,9-11,13,15H,2,5-8H2,1H3,(H,22,23,24)/t10?,11?,13-,15-/m0/s1. The van der Waals surface area contributed by atoms with E-state index < -0.39 is 5.82 Å². The third kappa shape index (κ3) is 3.40. The molecule has 6 nitrogen and oxygen atoms in total. The lowest BCUT2D eigenvalue weighted by atomic mass is 9.61. The van der Waals surface area contributed by atoms with Crippen molar-refractivity contribution in [1.29, 1.82) is 0 Å². The molecule has 5 rings (SSSR count). The zero-order chi connectivity index (χ0) is 19.0. The molecule has 2 aromatic heterocycles. The second-order valence-corrected chi connectivity index (χ2v) is 7.44. The van der Waals surface area contributed by atoms with Crippen LogP contribution in [0, 0.1) is 23.6 Å². The van der Waals surface area contributed by atoms with Crippen LogP contribution in [0.3, 0.4) is 0 Å². The van der Waals surface area contributed by atoms with E-state index in [0.717, 1.165) is 25.7 Å². The highest BCUT2D eigenvalue weighted by molar-refractivity contribution is 6.28. The SMILES string of the molecule is CCOC(=O)[C@H]1C2CCC(CC2)[C@@H]1Nc1nc(Cl)nc(-c2ccco2)c1F. The number of ether oxygens (including phenoxy) is 1. The van der Waals surface area contributed by atoms with Crippen LogP contribution in [0.4, 0.5) is 10.2 Å². The number of nitrogens with one attached hydrogen (secondary N) is 1. The Kier molecular flexibility index (Phi) is 5.04. The maximum Gasteiger partial charge on any atom is 0.311 e. The summed E-state index contributed by atoms with van der Waals surface area (Å²) in [5.74, 6) is -0.395. The van der Waals surface area contributed by atoms with Gasteiger partial charge in [0.1, 0.15) is 5.69 Å². The predicted molar refractivity (Wildman–Crippen MR) is 97.7 cm³/mol. The normalized spacial score (nSPS) is 26.8. The van der Waals surface area contributed by atoms with Crippen LogP contribution >= 0.6 is 11.6 Å². The molecule has 27 heavy (non-hydrogen) atoms. The first-order chi connectivity index (χ1) is 13.1. The van der Waals surface area contributed by atoms with Gasteiger partial charge in [0, 0.05) is 6.04 Å². The van der Waals surface area contributed by atoms with Crippen LogP contribution in [0.25, 0.3) is 11.5 Å². The maximum absolute atomic E-state index is 15.1. The van der Waals surface area contributed by atoms with E-state index in [1.54, 1.807) is 19.1 Å². The zero-order valence-corrected chi connectivity index (χ0v) is 15.7. The Morgan fingerprint density at radius 3 is 2.74 bits per heavy atom. The summed E-state index contributed by atoms with van der Waals surface area (Å²) in [6, 6.07) is 3.02. The van der Waals surface area contributed by atoms with Gasteiger partial charge in [0.2, 0.25) is 5.28 Å². The number of aromatic nitrogens is 2. The number of carbonyl (C=O) groups is 1. The lowest BCUT2D eigenvalue weighted by molar-refractivity contribution is -0.154. The molecule has 0 unspecified atom stereocenters. The van der Waals surface area contributed by atoms with E-state index in [4.69, 9.17) is 20.8 Å². The molecule has 144 valence electrons. The fourth-order valence-electron chi connectivity index (χ4n) is 4.48. The van der Waals surface area contributed by atoms with E-state index in [1.807, 2.05) is 0 Å². The molecule has 0 amide bonds. The second-order valence-electron chi connectivity index (χ2n) is 7.10. The molecule has 1 N–H and O–H groups in total. The summed E-state index contributed by atoms with van der Waals surface area (Å²) >= 11 is 6.02. The molecule has 2 heterocycles. The first-order valence-electron chi connectivity index (χ1n) is 9.28. The Morgan fingerprint density at radius 1 is 1.33 bits per heavy atom. The molecule has 0 aromatic carbocycles. The van der Waals surface area contributed by atoms with Crippen molar-refractivity contribution in [2.24, 2.45) is 17.8 Å². The van der Waals surface area contributed by atoms with E-state index in [-0.39, 0.29) is 52.3 Å². The number of halogens is 2. The van der Waals surface area contributed by atoms with Crippen LogP contribution < -0.4 is 5.32 Å². The van der Waals surface area contributed by atoms with Crippen LogP contribution in [0.15, 0.2) is 22.8 Å². The molecular weight excluding hydrogens is 373 g/mol. The number of rotatable bonds is 5. The summed E-state index contributed by atoms with van der Waals surface area (Å²) in [6.07, 6.45) is 5.44. The fourth-order valence-corrected chi connectivity index (χ4v) is 4.65. The number of esters is 1. The molecule has 2 atom stereocenters. The van der Waals surface area contributed by atoms with Crippen molar-refractivity contribution in [1.82, 2.24) is 9.97 Å². The largest absolute Gasteiger partial charge is 0.466 e. The second kappa shape index (κ2) is 7.46. The molecule has 0 saturated heterocycles. The molecule has 0 spiro atoms. The number of fused-ring (bicyclic) bond motifs is 3. The molecule has 3 fully saturated rings. The van der Waals surface area contributed by atoms with Crippen molar-refractivity contribution < 1.29 is 18.3 Å². The van der Waals surface area contributed by atoms with Crippen LogP contribution in [0.1, 0.15) is 32.6 Å². The van der Waals surface area contributed by atoms with Gasteiger partial charge < -0.3 is 14.5 Å². The number of nitrogens with zero attached hydrogens (tertiary/aromatic N) is 2. The maximum atomic E-state index is 15.1. The molecule has 0 aliphatic heterocycles. The van der Waals surface area contributed by atoms with Gasteiger partial charge in [0.15, 0.2) is 17.4 Å². The van der Waals surface area contributed by atoms with Gasteiger partial charge in [0.05, 0.1) is 18.8 Å². The van der Waals surface area contributed by atoms with Crippen molar-refractivity contribution in [3.63, 3.8) is 0 Å². The molecule has 3 saturated carbocycles. The van der Waals surface area contributed by atoms with Gasteiger partial charge >= 0.3 is 5.97 Å². The molecule has 3 aliphatic carbocycles. The van der Waals surface area contributed by atoms with E-state index in [1.165, 1.54) is 6.26 Å². The van der Waals surface area contributed by atoms with Crippen LogP contribution in [0.5, 0.6) is 0 Å². The number of furan rings is 1. The molecule has 2 aromatic rings. The monoisotopic (exact) mass is 393 g/mol. The highest BCUT2D eigenvalue weighted by atomic mass is 35.5. The first-order valence-corrected chi connectivity index (χ1v) is 9.66. The molecular formula is C19H21ClFN3O3. The Bertz CT molecular complexity index is 822. The summed E-state index contributed by atoms with van der Waals surface area (Å²) in [5, 5.41) is 3.08. The molecule has 8 heteroatoms. The van der Waals surface area contributed by atoms with E-state index in [9.17, 15) is 4.79 Å². The van der Waals surface area contributed by atoms with Crippen molar-refractivity contribution in [2.75, 3.05) is 11.9 Å². The molecule has 2 bridgehead atoms. The summed E-state index contributed by atoms with van der Waals surface area (Å²) < 4.78 is 25.6. The average Bonchev–Trinajstić information content (AvgIpc) is 3.20. The quantitative estimate of drug-likeness (QED) is 0.602. The lowest BCUT2D eigenvalue weighted by Gasteiger charge is -2.47. The van der Waals surface area contributed by atoms with Crippen molar-refractivity contribution in [2.45, 2.75) is 38.6 Å². The van der Waals surface area contributed by atoms with E-state index in [0.29, 0.717) is 6.61 Å². The van der Waals surface area contributed by atoms with Gasteiger partial charge in [-0.2, -0.15) is 4.98 Å². The minimum absolute atomic E-state index is 0.00356. The van der Waals surface area contributed by atoms with Crippen LogP contribution in [-0.2, 0) is 9.53 Å². The minimum atomic E-state index is -0.640. The summed E-state index contributed by atoms with van der Waals surface area (Å²) in [7, 11) is 0. The highest BCUT2D eigenvalue weighted by Crippen LogP contribution is 2.47. The minimum Gasteiger partial charge on any atom is -0.466 e. The van der Waals surface area contributed by atoms with Gasteiger partial charge in [-0.1, -0.05) is 0 Å². The Balaban J connectivity index is 1.67. The van der Waals surface area contributed by atoms with Gasteiger partial charge in [-0.3, -0.25) is 4.79 Å². The predicted octanol–water partition coefficient (Wildman–Crippen LogP) is 4.31. The topological polar surface area (TPSA) is 77.2 Å². The number of anilines is 1. The Hall–Kier alpha value is -2.15. The lowest BCUT2D eigenvalue weighted by Crippen LogP contribution is -2.52. The Morgan fingerprint density at radius 2 is 2.07 bits per heavy atom. The summed E-state index contributed by atoms with van der Waals surface area (Å²) in [6.45, 7) is 2.12. The van der Waals surface area contributed by atoms with Gasteiger partial charge in [0.25, 0.3) is 0 Å². The van der Waals surface area contributed by atoms with Gasteiger partial charge in [-0.05, 0) is 68.2 Å². The zero-order valence-electron chi connectivity index (χ0n) is 15.0. The third-order valence-corrected chi connectivity index (χ3v) is 5.83.